The van der Waals surface area contributed by atoms with Gasteiger partial charge >= 0.3 is 0 Å². The SMILES string of the molecule is Cc1cc(N(c2cc(C)c(C)c(C)c2)c2ccc3c4c(ccc3c2)-c2c(ccc3c2C(C)(C)c2c-3ccc3cc(N(c5cc(C)c(C)c(C)c5)c5cc(C)c(C)c(C)c5)ccc23)C4(C)C)cc(C)c1C. The molecule has 0 saturated heterocycles. The molecule has 0 radical (unpaired) electrons. The van der Waals surface area contributed by atoms with Crippen LogP contribution in [0, 0.1) is 83.1 Å². The second kappa shape index (κ2) is 15.8. The van der Waals surface area contributed by atoms with Gasteiger partial charge in [-0.3, -0.25) is 0 Å². The molecule has 9 aromatic carbocycles. The predicted octanol–water partition coefficient (Wildman–Crippen LogP) is 19.2. The lowest BCUT2D eigenvalue weighted by atomic mass is 9.76. The Morgan fingerprint density at radius 1 is 0.286 bits per heavy atom. The molecule has 0 atom stereocenters. The number of rotatable bonds is 6. The fourth-order valence-electron chi connectivity index (χ4n) is 12.7. The van der Waals surface area contributed by atoms with E-state index in [1.165, 1.54) is 167 Å². The molecule has 0 amide bonds. The van der Waals surface area contributed by atoms with Gasteiger partial charge < -0.3 is 9.80 Å². The number of fused-ring (bicyclic) bond motifs is 11. The number of nitrogens with zero attached hydrogens (tertiary/aromatic N) is 2. The van der Waals surface area contributed by atoms with E-state index in [0.717, 1.165) is 0 Å². The normalized spacial score (nSPS) is 13.9. The minimum absolute atomic E-state index is 0.193. The van der Waals surface area contributed by atoms with E-state index in [9.17, 15) is 0 Å². The Morgan fingerprint density at radius 3 is 0.971 bits per heavy atom. The molecular formula is C68H68N2. The van der Waals surface area contributed by atoms with Crippen molar-refractivity contribution in [2.75, 3.05) is 9.80 Å². The first-order valence-electron chi connectivity index (χ1n) is 25.4. The molecule has 11 rings (SSSR count). The Hall–Kier alpha value is -6.90. The fourth-order valence-corrected chi connectivity index (χ4v) is 12.7. The number of anilines is 6. The van der Waals surface area contributed by atoms with Gasteiger partial charge in [-0.15, -0.1) is 0 Å². The van der Waals surface area contributed by atoms with Gasteiger partial charge in [0.05, 0.1) is 0 Å². The van der Waals surface area contributed by atoms with Crippen LogP contribution < -0.4 is 9.80 Å². The number of hydrogen-bond acceptors (Lipinski definition) is 2. The van der Waals surface area contributed by atoms with E-state index in [1.807, 2.05) is 0 Å². The second-order valence-electron chi connectivity index (χ2n) is 22.4. The predicted molar refractivity (Wildman–Crippen MR) is 303 cm³/mol. The van der Waals surface area contributed by atoms with Gasteiger partial charge in [-0.05, 0) is 289 Å². The summed E-state index contributed by atoms with van der Waals surface area (Å²) in [5.74, 6) is 0. The minimum Gasteiger partial charge on any atom is -0.310 e. The van der Waals surface area contributed by atoms with Crippen molar-refractivity contribution in [3.8, 4) is 22.3 Å². The number of hydrogen-bond donors (Lipinski definition) is 0. The first-order valence-corrected chi connectivity index (χ1v) is 25.4. The van der Waals surface area contributed by atoms with E-state index < -0.39 is 0 Å². The highest BCUT2D eigenvalue weighted by atomic mass is 15.1. The molecule has 0 heterocycles. The lowest BCUT2D eigenvalue weighted by molar-refractivity contribution is 0.653. The zero-order chi connectivity index (χ0) is 49.6. The molecule has 0 fully saturated rings. The molecule has 0 spiro atoms. The van der Waals surface area contributed by atoms with Crippen LogP contribution in [0.15, 0.2) is 121 Å². The highest BCUT2D eigenvalue weighted by Gasteiger charge is 2.46. The Kier molecular flexibility index (Phi) is 10.3. The van der Waals surface area contributed by atoms with Gasteiger partial charge in [-0.25, -0.2) is 0 Å². The van der Waals surface area contributed by atoms with Crippen molar-refractivity contribution >= 4 is 55.7 Å². The zero-order valence-electron chi connectivity index (χ0n) is 44.4. The van der Waals surface area contributed by atoms with Gasteiger partial charge in [0, 0.05) is 45.0 Å². The minimum atomic E-state index is -0.237. The standard InChI is InChI=1S/C68H68N2/c1-37-27-53(28-38(2)45(37)9)69(54-29-39(3)46(10)40(4)30-54)51-19-23-57-49(35-51)17-21-59-60-25-26-62-63(66(60)68(15,16)64(57)59)61-22-18-50-36-52(20-24-58(50)65(61)67(62,13)14)70(55-31-41(5)47(11)42(6)32-55)56-33-43(7)48(12)44(8)34-56/h17-36H,1-16H3. The van der Waals surface area contributed by atoms with E-state index in [4.69, 9.17) is 0 Å². The molecule has 0 bridgehead atoms. The van der Waals surface area contributed by atoms with Crippen molar-refractivity contribution in [1.82, 2.24) is 0 Å². The molecular weight excluding hydrogens is 845 g/mol. The van der Waals surface area contributed by atoms with E-state index in [1.54, 1.807) is 0 Å². The van der Waals surface area contributed by atoms with Gasteiger partial charge in [0.2, 0.25) is 0 Å². The summed E-state index contributed by atoms with van der Waals surface area (Å²) in [5.41, 5.74) is 33.9. The molecule has 0 saturated carbocycles. The lowest BCUT2D eigenvalue weighted by Gasteiger charge is -2.29. The molecule has 350 valence electrons. The summed E-state index contributed by atoms with van der Waals surface area (Å²) in [6, 6.07) is 47.8. The number of aryl methyl sites for hydroxylation is 8. The quantitative estimate of drug-likeness (QED) is 0.164. The van der Waals surface area contributed by atoms with Gasteiger partial charge in [0.25, 0.3) is 0 Å². The molecule has 0 aliphatic heterocycles. The van der Waals surface area contributed by atoms with Crippen LogP contribution in [0.2, 0.25) is 0 Å². The van der Waals surface area contributed by atoms with Crippen LogP contribution in [-0.4, -0.2) is 0 Å². The summed E-state index contributed by atoms with van der Waals surface area (Å²) in [7, 11) is 0. The van der Waals surface area contributed by atoms with Crippen LogP contribution in [0.4, 0.5) is 34.1 Å². The van der Waals surface area contributed by atoms with Crippen LogP contribution in [0.25, 0.3) is 43.8 Å². The summed E-state index contributed by atoms with van der Waals surface area (Å²) in [6.07, 6.45) is 0. The average Bonchev–Trinajstić information content (AvgIpc) is 3.70. The maximum atomic E-state index is 2.48. The van der Waals surface area contributed by atoms with Crippen molar-refractivity contribution in [3.05, 3.63) is 210 Å². The molecule has 0 aromatic heterocycles. The Labute approximate surface area is 417 Å². The second-order valence-corrected chi connectivity index (χ2v) is 22.4. The van der Waals surface area contributed by atoms with E-state index in [0.29, 0.717) is 0 Å². The van der Waals surface area contributed by atoms with Crippen LogP contribution in [0.5, 0.6) is 0 Å². The van der Waals surface area contributed by atoms with Crippen LogP contribution >= 0.6 is 0 Å². The Bertz CT molecular complexity index is 3530. The largest absolute Gasteiger partial charge is 0.310 e. The van der Waals surface area contributed by atoms with Crippen molar-refractivity contribution in [2.45, 2.75) is 122 Å². The van der Waals surface area contributed by atoms with Crippen LogP contribution in [0.3, 0.4) is 0 Å². The molecule has 2 nitrogen and oxygen atoms in total. The highest BCUT2D eigenvalue weighted by Crippen LogP contribution is 2.61. The molecule has 0 unspecified atom stereocenters. The van der Waals surface area contributed by atoms with Crippen molar-refractivity contribution in [1.29, 1.82) is 0 Å². The van der Waals surface area contributed by atoms with Crippen LogP contribution in [0.1, 0.15) is 117 Å². The summed E-state index contributed by atoms with van der Waals surface area (Å²) < 4.78 is 0. The zero-order valence-corrected chi connectivity index (χ0v) is 44.4. The van der Waals surface area contributed by atoms with E-state index in [-0.39, 0.29) is 10.8 Å². The van der Waals surface area contributed by atoms with E-state index in [2.05, 4.69) is 242 Å². The number of benzene rings is 9. The Balaban J connectivity index is 1.04. The van der Waals surface area contributed by atoms with E-state index >= 15 is 0 Å². The molecule has 2 heteroatoms. The lowest BCUT2D eigenvalue weighted by Crippen LogP contribution is -2.19. The molecule has 2 aliphatic rings. The monoisotopic (exact) mass is 913 g/mol. The van der Waals surface area contributed by atoms with Crippen molar-refractivity contribution in [3.63, 3.8) is 0 Å². The molecule has 2 aliphatic carbocycles. The molecule has 9 aromatic rings. The van der Waals surface area contributed by atoms with Crippen LogP contribution in [-0.2, 0) is 10.8 Å². The molecule has 70 heavy (non-hydrogen) atoms. The smallest absolute Gasteiger partial charge is 0.0468 e. The summed E-state index contributed by atoms with van der Waals surface area (Å²) in [4.78, 5) is 4.94. The first kappa shape index (κ1) is 45.5. The Morgan fingerprint density at radius 2 is 0.600 bits per heavy atom. The third-order valence-corrected chi connectivity index (χ3v) is 17.5. The fraction of sp³-hybridized carbons (Fsp3) is 0.265. The van der Waals surface area contributed by atoms with Gasteiger partial charge in [-0.1, -0.05) is 76.2 Å². The van der Waals surface area contributed by atoms with Crippen molar-refractivity contribution in [2.24, 2.45) is 0 Å². The summed E-state index contributed by atoms with van der Waals surface area (Å²) >= 11 is 0. The maximum absolute atomic E-state index is 2.48. The topological polar surface area (TPSA) is 6.48 Å². The third-order valence-electron chi connectivity index (χ3n) is 17.5. The van der Waals surface area contributed by atoms with Crippen molar-refractivity contribution < 1.29 is 0 Å². The van der Waals surface area contributed by atoms with Gasteiger partial charge in [-0.2, -0.15) is 0 Å². The highest BCUT2D eigenvalue weighted by molar-refractivity contribution is 6.06. The molecule has 0 N–H and O–H groups in total. The first-order chi connectivity index (χ1) is 33.2. The third kappa shape index (κ3) is 6.66. The maximum Gasteiger partial charge on any atom is 0.0468 e. The summed E-state index contributed by atoms with van der Waals surface area (Å²) in [6.45, 7) is 36.7. The summed E-state index contributed by atoms with van der Waals surface area (Å²) in [5, 5.41) is 5.20. The van der Waals surface area contributed by atoms with Gasteiger partial charge in [0.1, 0.15) is 0 Å². The average molecular weight is 913 g/mol. The van der Waals surface area contributed by atoms with Gasteiger partial charge in [0.15, 0.2) is 0 Å².